The zero-order chi connectivity index (χ0) is 33.6. The van der Waals surface area contributed by atoms with Crippen molar-refractivity contribution >= 4 is 5.91 Å². The third-order valence-electron chi connectivity index (χ3n) is 10.5. The normalized spacial score (nSPS) is 24.7. The lowest BCUT2D eigenvalue weighted by Crippen LogP contribution is -2.48. The third kappa shape index (κ3) is 8.11. The molecule has 0 spiro atoms. The molecule has 0 aliphatic carbocycles. The van der Waals surface area contributed by atoms with Crippen LogP contribution in [-0.2, 0) is 22.6 Å². The number of amides is 1. The molecule has 7 rings (SSSR count). The largest absolute Gasteiger partial charge is 0.392 e. The first kappa shape index (κ1) is 33.6. The number of benzene rings is 3. The quantitative estimate of drug-likeness (QED) is 0.189. The summed E-state index contributed by atoms with van der Waals surface area (Å²) in [6, 6.07) is 29.0. The van der Waals surface area contributed by atoms with Crippen LogP contribution in [0.5, 0.6) is 0 Å². The minimum absolute atomic E-state index is 0.0127. The van der Waals surface area contributed by atoms with Gasteiger partial charge in [-0.2, -0.15) is 0 Å². The van der Waals surface area contributed by atoms with Gasteiger partial charge < -0.3 is 24.8 Å². The number of carbonyl (C=O) groups is 1. The van der Waals surface area contributed by atoms with Gasteiger partial charge in [-0.15, -0.1) is 0 Å². The van der Waals surface area contributed by atoms with Crippen molar-refractivity contribution in [3.8, 4) is 11.1 Å². The Morgan fingerprint density at radius 1 is 0.857 bits per heavy atom. The highest BCUT2D eigenvalue weighted by Gasteiger charge is 2.40. The SMILES string of the molecule is C[C@@H]1[C@H](CN2CCC[C@H]2CN2CCCC2)O[C@H](c2ccc(-c3cccc(CNC(=O)c4cccnc4)c3)cc2)O[C@@H]1c1ccc(CO)cc1. The number of rotatable bonds is 11. The molecule has 2 N–H and O–H groups in total. The Hall–Kier alpha value is -3.92. The topological polar surface area (TPSA) is 87.2 Å². The van der Waals surface area contributed by atoms with E-state index in [4.69, 9.17) is 9.47 Å². The Balaban J connectivity index is 1.07. The van der Waals surface area contributed by atoms with Gasteiger partial charge in [-0.25, -0.2) is 0 Å². The molecule has 3 aliphatic heterocycles. The summed E-state index contributed by atoms with van der Waals surface area (Å²) < 4.78 is 13.6. The number of carbonyl (C=O) groups excluding carboxylic acids is 1. The molecule has 8 nitrogen and oxygen atoms in total. The molecule has 3 aliphatic rings. The molecule has 1 aromatic heterocycles. The van der Waals surface area contributed by atoms with Crippen molar-refractivity contribution < 1.29 is 19.4 Å². The minimum atomic E-state index is -0.494. The van der Waals surface area contributed by atoms with E-state index in [1.807, 2.05) is 24.3 Å². The zero-order valence-corrected chi connectivity index (χ0v) is 28.4. The van der Waals surface area contributed by atoms with E-state index in [1.54, 1.807) is 24.5 Å². The maximum Gasteiger partial charge on any atom is 0.253 e. The number of hydrogen-bond donors (Lipinski definition) is 2. The number of nitrogens with one attached hydrogen (secondary N) is 1. The highest BCUT2D eigenvalue weighted by Crippen LogP contribution is 2.42. The van der Waals surface area contributed by atoms with Crippen molar-refractivity contribution in [1.82, 2.24) is 20.1 Å². The molecule has 0 unspecified atom stereocenters. The summed E-state index contributed by atoms with van der Waals surface area (Å²) in [5.74, 6) is 0.0161. The number of pyridine rings is 1. The van der Waals surface area contributed by atoms with Crippen LogP contribution in [0.15, 0.2) is 97.3 Å². The van der Waals surface area contributed by atoms with Gasteiger partial charge in [0.25, 0.3) is 5.91 Å². The fourth-order valence-corrected chi connectivity index (χ4v) is 7.64. The van der Waals surface area contributed by atoms with E-state index >= 15 is 0 Å². The summed E-state index contributed by atoms with van der Waals surface area (Å²) in [6.45, 7) is 8.34. The molecule has 3 fully saturated rings. The van der Waals surface area contributed by atoms with Gasteiger partial charge in [0.05, 0.1) is 24.4 Å². The van der Waals surface area contributed by atoms with E-state index in [1.165, 1.54) is 38.8 Å². The van der Waals surface area contributed by atoms with E-state index in [0.29, 0.717) is 18.2 Å². The Kier molecular flexibility index (Phi) is 10.8. The molecule has 49 heavy (non-hydrogen) atoms. The molecule has 0 bridgehead atoms. The number of nitrogens with zero attached hydrogens (tertiary/aromatic N) is 3. The molecule has 5 atom stereocenters. The smallest absolute Gasteiger partial charge is 0.253 e. The predicted octanol–water partition coefficient (Wildman–Crippen LogP) is 6.52. The first-order valence-electron chi connectivity index (χ1n) is 17.9. The lowest BCUT2D eigenvalue weighted by Gasteiger charge is -2.43. The maximum atomic E-state index is 12.5. The van der Waals surface area contributed by atoms with Crippen molar-refractivity contribution in [2.75, 3.05) is 32.7 Å². The van der Waals surface area contributed by atoms with Crippen molar-refractivity contribution in [2.24, 2.45) is 5.92 Å². The van der Waals surface area contributed by atoms with Gasteiger partial charge in [-0.1, -0.05) is 73.7 Å². The number of ether oxygens (including phenoxy) is 2. The second kappa shape index (κ2) is 15.7. The Bertz CT molecular complexity index is 1660. The van der Waals surface area contributed by atoms with E-state index in [0.717, 1.165) is 53.0 Å². The lowest BCUT2D eigenvalue weighted by atomic mass is 9.89. The highest BCUT2D eigenvalue weighted by molar-refractivity contribution is 5.93. The Morgan fingerprint density at radius 2 is 1.65 bits per heavy atom. The Labute approximate surface area is 290 Å². The lowest BCUT2D eigenvalue weighted by molar-refractivity contribution is -0.276. The van der Waals surface area contributed by atoms with Crippen LogP contribution < -0.4 is 5.32 Å². The van der Waals surface area contributed by atoms with E-state index < -0.39 is 6.29 Å². The van der Waals surface area contributed by atoms with Gasteiger partial charge in [-0.05, 0) is 91.3 Å². The fraction of sp³-hybridized carbons (Fsp3) is 0.415. The molecular formula is C41H48N4O4. The number of aromatic nitrogens is 1. The Morgan fingerprint density at radius 3 is 2.41 bits per heavy atom. The molecule has 3 saturated heterocycles. The summed E-state index contributed by atoms with van der Waals surface area (Å²) in [5.41, 5.74) is 6.74. The monoisotopic (exact) mass is 660 g/mol. The van der Waals surface area contributed by atoms with Crippen molar-refractivity contribution in [2.45, 2.75) is 70.3 Å². The van der Waals surface area contributed by atoms with Crippen molar-refractivity contribution in [1.29, 1.82) is 0 Å². The second-order valence-electron chi connectivity index (χ2n) is 13.9. The number of hydrogen-bond acceptors (Lipinski definition) is 7. The molecule has 1 amide bonds. The standard InChI is InChI=1S/C41H48N4O4/c1-29-38(27-45-22-6-10-37(45)26-44-20-2-3-21-44)48-41(49-39(29)33-13-11-30(28-46)12-14-33)34-17-15-32(16-18-34)35-8-4-7-31(23-35)24-43-40(47)36-9-5-19-42-25-36/h4-5,7-9,11-19,23,25,29,37-39,41,46H,2-3,6,10,20-22,24,26-28H2,1H3,(H,43,47)/t29-,37+,38+,39+,41+/m1/s1. The highest BCUT2D eigenvalue weighted by atomic mass is 16.7. The van der Waals surface area contributed by atoms with Crippen LogP contribution in [0.4, 0.5) is 0 Å². The first-order chi connectivity index (χ1) is 24.0. The summed E-state index contributed by atoms with van der Waals surface area (Å²) >= 11 is 0. The first-order valence-corrected chi connectivity index (χ1v) is 17.9. The van der Waals surface area contributed by atoms with Gasteiger partial charge in [0.15, 0.2) is 6.29 Å². The third-order valence-corrected chi connectivity index (χ3v) is 10.5. The molecule has 4 aromatic rings. The van der Waals surface area contributed by atoms with Gasteiger partial charge in [-0.3, -0.25) is 14.7 Å². The molecule has 0 radical (unpaired) electrons. The van der Waals surface area contributed by atoms with Crippen LogP contribution in [0.3, 0.4) is 0 Å². The number of aliphatic hydroxyl groups is 1. The second-order valence-corrected chi connectivity index (χ2v) is 13.9. The van der Waals surface area contributed by atoms with E-state index in [9.17, 15) is 9.90 Å². The molecular weight excluding hydrogens is 612 g/mol. The molecule has 256 valence electrons. The van der Waals surface area contributed by atoms with Crippen molar-refractivity contribution in [3.05, 3.63) is 125 Å². The van der Waals surface area contributed by atoms with Crippen LogP contribution in [0.2, 0.25) is 0 Å². The van der Waals surface area contributed by atoms with Crippen LogP contribution in [0, 0.1) is 5.92 Å². The number of likely N-dealkylation sites (tertiary alicyclic amines) is 2. The number of aliphatic hydroxyl groups excluding tert-OH is 1. The summed E-state index contributed by atoms with van der Waals surface area (Å²) in [6.07, 6.45) is 7.76. The molecule has 0 saturated carbocycles. The summed E-state index contributed by atoms with van der Waals surface area (Å²) in [4.78, 5) is 21.9. The fourth-order valence-electron chi connectivity index (χ4n) is 7.64. The van der Waals surface area contributed by atoms with E-state index in [-0.39, 0.29) is 30.6 Å². The van der Waals surface area contributed by atoms with E-state index in [2.05, 4.69) is 75.6 Å². The molecule has 3 aromatic carbocycles. The summed E-state index contributed by atoms with van der Waals surface area (Å²) in [7, 11) is 0. The minimum Gasteiger partial charge on any atom is -0.392 e. The average Bonchev–Trinajstić information content (AvgIpc) is 3.84. The molecule has 8 heteroatoms. The van der Waals surface area contributed by atoms with Gasteiger partial charge in [0.1, 0.15) is 0 Å². The van der Waals surface area contributed by atoms with Gasteiger partial charge in [0, 0.05) is 49.6 Å². The van der Waals surface area contributed by atoms with Crippen molar-refractivity contribution in [3.63, 3.8) is 0 Å². The molecule has 4 heterocycles. The zero-order valence-electron chi connectivity index (χ0n) is 28.4. The van der Waals surface area contributed by atoms with Gasteiger partial charge in [0.2, 0.25) is 0 Å². The predicted molar refractivity (Wildman–Crippen MR) is 191 cm³/mol. The van der Waals surface area contributed by atoms with Crippen LogP contribution in [-0.4, -0.2) is 70.7 Å². The van der Waals surface area contributed by atoms with Crippen LogP contribution in [0.25, 0.3) is 11.1 Å². The van der Waals surface area contributed by atoms with Crippen LogP contribution in [0.1, 0.15) is 77.6 Å². The van der Waals surface area contributed by atoms with Crippen LogP contribution >= 0.6 is 0 Å². The van der Waals surface area contributed by atoms with Gasteiger partial charge >= 0.3 is 0 Å². The maximum absolute atomic E-state index is 12.5. The summed E-state index contributed by atoms with van der Waals surface area (Å²) in [5, 5.41) is 12.6. The average molecular weight is 661 g/mol.